The summed E-state index contributed by atoms with van der Waals surface area (Å²) in [4.78, 5) is 51.8. The summed E-state index contributed by atoms with van der Waals surface area (Å²) in [5, 5.41) is 29.6. The van der Waals surface area contributed by atoms with E-state index in [0.717, 1.165) is 21.8 Å². The molecule has 0 amide bonds. The van der Waals surface area contributed by atoms with Gasteiger partial charge in [-0.1, -0.05) is 83.3 Å². The minimum atomic E-state index is -1.49. The predicted molar refractivity (Wildman–Crippen MR) is 182 cm³/mol. The zero-order chi connectivity index (χ0) is 34.9. The largest absolute Gasteiger partial charge is 0.349 e. The van der Waals surface area contributed by atoms with E-state index in [2.05, 4.69) is 32.3 Å². The third-order valence-electron chi connectivity index (χ3n) is 7.82. The van der Waals surface area contributed by atoms with Crippen LogP contribution in [0.4, 0.5) is 0 Å². The zero-order valence-electron chi connectivity index (χ0n) is 24.8. The fourth-order valence-corrected chi connectivity index (χ4v) is 6.24. The lowest BCUT2D eigenvalue weighted by molar-refractivity contribution is 0.746. The van der Waals surface area contributed by atoms with E-state index in [0.29, 0.717) is 32.8 Å². The lowest BCUT2D eigenvalue weighted by atomic mass is 9.70. The van der Waals surface area contributed by atoms with Gasteiger partial charge in [-0.15, -0.1) is 0 Å². The van der Waals surface area contributed by atoms with Crippen molar-refractivity contribution >= 4 is 34.8 Å². The first kappa shape index (κ1) is 32.9. The van der Waals surface area contributed by atoms with Crippen LogP contribution in [-0.2, 0) is 5.41 Å². The molecule has 0 saturated heterocycles. The summed E-state index contributed by atoms with van der Waals surface area (Å²) in [6.07, 6.45) is 1.92. The minimum Gasteiger partial charge on any atom is -0.271 e. The summed E-state index contributed by atoms with van der Waals surface area (Å²) in [6.45, 7) is 0. The van der Waals surface area contributed by atoms with Crippen molar-refractivity contribution in [3.63, 3.8) is 0 Å². The maximum atomic E-state index is 12.4. The van der Waals surface area contributed by atoms with Gasteiger partial charge in [-0.25, -0.2) is 9.59 Å². The van der Waals surface area contributed by atoms with E-state index in [4.69, 9.17) is 34.8 Å². The highest BCUT2D eigenvalue weighted by molar-refractivity contribution is 6.32. The summed E-state index contributed by atoms with van der Waals surface area (Å²) in [5.74, 6) is -0.839. The van der Waals surface area contributed by atoms with Crippen LogP contribution in [-0.4, -0.2) is 29.5 Å². The Morgan fingerprint density at radius 3 is 1.65 bits per heavy atom. The summed E-state index contributed by atoms with van der Waals surface area (Å²) >= 11 is 19.6. The Bertz CT molecular complexity index is 2570. The molecule has 6 aromatic rings. The number of nitrogens with zero attached hydrogens (tertiary/aromatic N) is 6. The van der Waals surface area contributed by atoms with Crippen LogP contribution in [0, 0.1) is 22.7 Å². The first-order valence-electron chi connectivity index (χ1n) is 14.2. The number of nitrogens with one attached hydrogen (secondary N) is 2. The molecule has 49 heavy (non-hydrogen) atoms. The number of benzene rings is 4. The van der Waals surface area contributed by atoms with Crippen LogP contribution in [0.3, 0.4) is 0 Å². The second-order valence-electron chi connectivity index (χ2n) is 10.6. The average molecular weight is 710 g/mol. The van der Waals surface area contributed by atoms with Gasteiger partial charge >= 0.3 is 11.4 Å². The third-order valence-corrected chi connectivity index (χ3v) is 8.71. The molecule has 2 unspecified atom stereocenters. The molecule has 0 saturated carbocycles. The highest BCUT2D eigenvalue weighted by Crippen LogP contribution is 2.43. The predicted octanol–water partition coefficient (Wildman–Crippen LogP) is 4.63. The van der Waals surface area contributed by atoms with Gasteiger partial charge in [-0.2, -0.15) is 30.1 Å². The summed E-state index contributed by atoms with van der Waals surface area (Å²) in [7, 11) is 0. The Kier molecular flexibility index (Phi) is 8.87. The minimum absolute atomic E-state index is 0.135. The van der Waals surface area contributed by atoms with Crippen molar-refractivity contribution in [3.8, 4) is 23.5 Å². The highest BCUT2D eigenvalue weighted by atomic mass is 35.5. The van der Waals surface area contributed by atoms with E-state index in [-0.39, 0.29) is 21.4 Å². The SMILES string of the molecule is N#CC(c1ccc(C(C#N)(c2ccc(Cl)cc2)c2ccc(-n3ncc(=O)[nH]c3=O)cc2Cl)cc1)c1ccc(-n2ncc(=O)[nH]c2=O)cc1Cl. The van der Waals surface area contributed by atoms with E-state index in [1.54, 1.807) is 72.8 Å². The molecular weight excluding hydrogens is 691 g/mol. The molecule has 2 aromatic heterocycles. The zero-order valence-corrected chi connectivity index (χ0v) is 27.0. The average Bonchev–Trinajstić information content (AvgIpc) is 3.08. The molecule has 0 aliphatic carbocycles. The number of hydrogen-bond acceptors (Lipinski definition) is 8. The van der Waals surface area contributed by atoms with Crippen LogP contribution in [0.1, 0.15) is 33.7 Å². The first-order valence-corrected chi connectivity index (χ1v) is 15.3. The highest BCUT2D eigenvalue weighted by Gasteiger charge is 2.39. The molecule has 0 bridgehead atoms. The summed E-state index contributed by atoms with van der Waals surface area (Å²) < 4.78 is 1.94. The molecule has 4 aromatic carbocycles. The van der Waals surface area contributed by atoms with E-state index < -0.39 is 33.8 Å². The number of hydrogen-bond donors (Lipinski definition) is 2. The van der Waals surface area contributed by atoms with E-state index >= 15 is 0 Å². The Morgan fingerprint density at radius 2 is 1.18 bits per heavy atom. The first-order chi connectivity index (χ1) is 23.5. The summed E-state index contributed by atoms with van der Waals surface area (Å²) in [5.41, 5.74) is -1.30. The number of aromatic amines is 2. The van der Waals surface area contributed by atoms with Crippen molar-refractivity contribution in [2.24, 2.45) is 0 Å². The maximum Gasteiger partial charge on any atom is 0.349 e. The Labute approximate surface area is 290 Å². The molecule has 0 fully saturated rings. The van der Waals surface area contributed by atoms with Gasteiger partial charge in [0, 0.05) is 15.1 Å². The van der Waals surface area contributed by atoms with Gasteiger partial charge in [0.15, 0.2) is 0 Å². The number of aromatic nitrogens is 6. The van der Waals surface area contributed by atoms with Gasteiger partial charge in [0.1, 0.15) is 17.8 Å². The topological polar surface area (TPSA) is 183 Å². The second-order valence-corrected chi connectivity index (χ2v) is 11.9. The van der Waals surface area contributed by atoms with Gasteiger partial charge in [-0.05, 0) is 64.2 Å². The van der Waals surface area contributed by atoms with E-state index in [9.17, 15) is 29.7 Å². The third kappa shape index (κ3) is 6.08. The van der Waals surface area contributed by atoms with Crippen molar-refractivity contribution < 1.29 is 0 Å². The fraction of sp³-hybridized carbons (Fsp3) is 0.0588. The molecule has 0 aliphatic rings. The number of nitriles is 2. The van der Waals surface area contributed by atoms with Gasteiger partial charge in [0.2, 0.25) is 0 Å². The molecule has 2 heterocycles. The van der Waals surface area contributed by atoms with Gasteiger partial charge in [0.25, 0.3) is 11.1 Å². The van der Waals surface area contributed by atoms with E-state index in [1.807, 2.05) is 0 Å². The summed E-state index contributed by atoms with van der Waals surface area (Å²) in [6, 6.07) is 27.5. The van der Waals surface area contributed by atoms with Gasteiger partial charge in [0.05, 0.1) is 29.4 Å². The van der Waals surface area contributed by atoms with Gasteiger partial charge < -0.3 is 0 Å². The fourth-order valence-electron chi connectivity index (χ4n) is 5.51. The van der Waals surface area contributed by atoms with Crippen molar-refractivity contribution in [1.82, 2.24) is 29.5 Å². The Morgan fingerprint density at radius 1 is 0.673 bits per heavy atom. The van der Waals surface area contributed by atoms with Crippen LogP contribution in [0.15, 0.2) is 117 Å². The molecule has 240 valence electrons. The standard InChI is InChI=1S/C34H19Cl3N8O4/c35-22-7-5-21(6-8-22)34(18-39,27-12-10-24(14-29(27)37)45-33(49)43-31(47)17-41-45)20-3-1-19(2-4-20)26(15-38)25-11-9-23(13-28(25)36)44-32(48)42-30(46)16-40-44/h1-14,16-17,26H,(H,42,46,48)(H,43,47,49). The molecule has 15 heteroatoms. The van der Waals surface area contributed by atoms with Crippen molar-refractivity contribution in [2.45, 2.75) is 11.3 Å². The normalized spacial score (nSPS) is 12.8. The van der Waals surface area contributed by atoms with Crippen molar-refractivity contribution in [1.29, 1.82) is 10.5 Å². The van der Waals surface area contributed by atoms with Gasteiger partial charge in [-0.3, -0.25) is 19.6 Å². The molecule has 12 nitrogen and oxygen atoms in total. The van der Waals surface area contributed by atoms with Crippen LogP contribution >= 0.6 is 34.8 Å². The monoisotopic (exact) mass is 708 g/mol. The maximum absolute atomic E-state index is 12.4. The molecule has 0 aliphatic heterocycles. The molecule has 2 atom stereocenters. The van der Waals surface area contributed by atoms with Crippen molar-refractivity contribution in [3.05, 3.63) is 182 Å². The van der Waals surface area contributed by atoms with Crippen molar-refractivity contribution in [2.75, 3.05) is 0 Å². The smallest absolute Gasteiger partial charge is 0.271 e. The quantitative estimate of drug-likeness (QED) is 0.225. The molecule has 0 radical (unpaired) electrons. The van der Waals surface area contributed by atoms with Crippen LogP contribution < -0.4 is 22.5 Å². The number of halogens is 3. The molecule has 0 spiro atoms. The second kappa shape index (κ2) is 13.2. The lowest BCUT2D eigenvalue weighted by Crippen LogP contribution is -2.31. The number of H-pyrrole nitrogens is 2. The van der Waals surface area contributed by atoms with Crippen LogP contribution in [0.2, 0.25) is 15.1 Å². The Balaban J connectivity index is 1.43. The Hall–Kier alpha value is -6.05. The number of rotatable bonds is 7. The molecule has 2 N–H and O–H groups in total. The molecular formula is C34H19Cl3N8O4. The van der Waals surface area contributed by atoms with Crippen LogP contribution in [0.25, 0.3) is 11.4 Å². The van der Waals surface area contributed by atoms with Crippen LogP contribution in [0.5, 0.6) is 0 Å². The molecule has 6 rings (SSSR count). The lowest BCUT2D eigenvalue weighted by Gasteiger charge is -2.30. The van der Waals surface area contributed by atoms with E-state index in [1.165, 1.54) is 12.1 Å².